The molecule has 1 aliphatic carbocycles. The summed E-state index contributed by atoms with van der Waals surface area (Å²) in [5.74, 6) is 0.455. The average molecular weight is 236 g/mol. The summed E-state index contributed by atoms with van der Waals surface area (Å²) in [7, 11) is 0. The van der Waals surface area contributed by atoms with Crippen LogP contribution in [0.2, 0.25) is 0 Å². The Bertz CT molecular complexity index is 486. The van der Waals surface area contributed by atoms with E-state index >= 15 is 0 Å². The third-order valence-corrected chi connectivity index (χ3v) is 3.22. The Morgan fingerprint density at radius 2 is 1.94 bits per heavy atom. The van der Waals surface area contributed by atoms with Crippen molar-refractivity contribution in [1.29, 1.82) is 0 Å². The molecule has 18 heavy (non-hydrogen) atoms. The lowest BCUT2D eigenvalue weighted by Crippen LogP contribution is -2.03. The van der Waals surface area contributed by atoms with Crippen molar-refractivity contribution in [2.45, 2.75) is 25.7 Å². The number of rotatable bonds is 4. The average Bonchev–Trinajstić information content (AvgIpc) is 2.65. The Balaban J connectivity index is 2.31. The highest BCUT2D eigenvalue weighted by Gasteiger charge is 2.15. The second-order valence-corrected chi connectivity index (χ2v) is 4.88. The Morgan fingerprint density at radius 3 is 2.67 bits per heavy atom. The van der Waals surface area contributed by atoms with Gasteiger partial charge in [-0.15, -0.1) is 6.58 Å². The molecule has 1 aliphatic rings. The van der Waals surface area contributed by atoms with Gasteiger partial charge in [0.2, 0.25) is 0 Å². The lowest BCUT2D eigenvalue weighted by Gasteiger charge is -2.20. The molecule has 0 saturated heterocycles. The van der Waals surface area contributed by atoms with Crippen LogP contribution >= 0.6 is 0 Å². The van der Waals surface area contributed by atoms with E-state index in [-0.39, 0.29) is 0 Å². The maximum atomic E-state index is 4.08. The molecule has 0 bridgehead atoms. The van der Waals surface area contributed by atoms with E-state index in [1.54, 1.807) is 0 Å². The van der Waals surface area contributed by atoms with E-state index in [1.807, 2.05) is 0 Å². The molecule has 92 valence electrons. The van der Waals surface area contributed by atoms with E-state index in [0.717, 1.165) is 12.8 Å². The third kappa shape index (κ3) is 3.33. The van der Waals surface area contributed by atoms with Crippen molar-refractivity contribution < 1.29 is 0 Å². The van der Waals surface area contributed by atoms with Gasteiger partial charge in [-0.25, -0.2) is 0 Å². The van der Waals surface area contributed by atoms with Gasteiger partial charge in [0.25, 0.3) is 0 Å². The maximum absolute atomic E-state index is 4.08. The van der Waals surface area contributed by atoms with Crippen LogP contribution in [0.25, 0.3) is 0 Å². The zero-order chi connectivity index (χ0) is 12.8. The van der Waals surface area contributed by atoms with Crippen LogP contribution in [0.1, 0.15) is 31.2 Å². The van der Waals surface area contributed by atoms with E-state index in [4.69, 9.17) is 0 Å². The highest BCUT2D eigenvalue weighted by molar-refractivity contribution is 5.35. The molecule has 0 saturated carbocycles. The predicted molar refractivity (Wildman–Crippen MR) is 79.6 cm³/mol. The van der Waals surface area contributed by atoms with Gasteiger partial charge in [-0.05, 0) is 25.3 Å². The molecule has 1 unspecified atom stereocenters. The third-order valence-electron chi connectivity index (χ3n) is 3.22. The van der Waals surface area contributed by atoms with Gasteiger partial charge in [-0.2, -0.15) is 0 Å². The van der Waals surface area contributed by atoms with Crippen LogP contribution in [0.15, 0.2) is 78.4 Å². The first kappa shape index (κ1) is 12.6. The zero-order valence-corrected chi connectivity index (χ0v) is 11.0. The van der Waals surface area contributed by atoms with Crippen LogP contribution in [0.3, 0.4) is 0 Å². The minimum absolute atomic E-state index is 0.455. The summed E-state index contributed by atoms with van der Waals surface area (Å²) in [6, 6.07) is 10.7. The van der Waals surface area contributed by atoms with Crippen LogP contribution < -0.4 is 0 Å². The second kappa shape index (κ2) is 6.20. The number of hydrogen-bond donors (Lipinski definition) is 0. The van der Waals surface area contributed by atoms with Gasteiger partial charge in [-0.3, -0.25) is 0 Å². The highest BCUT2D eigenvalue weighted by atomic mass is 14.2. The van der Waals surface area contributed by atoms with Crippen molar-refractivity contribution in [3.63, 3.8) is 0 Å². The van der Waals surface area contributed by atoms with Gasteiger partial charge >= 0.3 is 0 Å². The van der Waals surface area contributed by atoms with E-state index in [0.29, 0.717) is 5.92 Å². The maximum Gasteiger partial charge on any atom is 0.00913 e. The van der Waals surface area contributed by atoms with Crippen molar-refractivity contribution in [2.24, 2.45) is 0 Å². The van der Waals surface area contributed by atoms with Crippen molar-refractivity contribution in [3.05, 3.63) is 84.0 Å². The number of benzene rings is 1. The van der Waals surface area contributed by atoms with Crippen LogP contribution in [0.4, 0.5) is 0 Å². The lowest BCUT2D eigenvalue weighted by atomic mass is 9.84. The first-order valence-corrected chi connectivity index (χ1v) is 6.49. The van der Waals surface area contributed by atoms with E-state index < -0.39 is 0 Å². The van der Waals surface area contributed by atoms with Crippen molar-refractivity contribution >= 4 is 0 Å². The van der Waals surface area contributed by atoms with Crippen LogP contribution in [0.5, 0.6) is 0 Å². The van der Waals surface area contributed by atoms with Gasteiger partial charge in [0.1, 0.15) is 0 Å². The first-order chi connectivity index (χ1) is 8.77. The Kier molecular flexibility index (Phi) is 4.35. The van der Waals surface area contributed by atoms with Crippen LogP contribution in [-0.2, 0) is 0 Å². The molecular weight excluding hydrogens is 216 g/mol. The Hall–Kier alpha value is -1.82. The summed E-state index contributed by atoms with van der Waals surface area (Å²) in [5.41, 5.74) is 4.09. The largest absolute Gasteiger partial charge is 0.100 e. The molecule has 0 aromatic heterocycles. The SMILES string of the molecule is C=C(C)CC(C1=CC=CC=CC1)c1ccccc1. The second-order valence-electron chi connectivity index (χ2n) is 4.88. The summed E-state index contributed by atoms with van der Waals surface area (Å²) in [6.07, 6.45) is 12.9. The fourth-order valence-electron chi connectivity index (χ4n) is 2.35. The molecule has 0 radical (unpaired) electrons. The molecule has 0 heteroatoms. The van der Waals surface area contributed by atoms with Gasteiger partial charge in [0, 0.05) is 5.92 Å². The van der Waals surface area contributed by atoms with E-state index in [9.17, 15) is 0 Å². The lowest BCUT2D eigenvalue weighted by molar-refractivity contribution is 0.761. The summed E-state index contributed by atoms with van der Waals surface area (Å²) < 4.78 is 0. The standard InChI is InChI=1S/C18H20/c1-15(2)14-18(17-12-8-5-9-13-17)16-10-6-3-4-7-11-16/h3-10,12-13,18H,1,11,14H2,2H3. The molecule has 0 fully saturated rings. The van der Waals surface area contributed by atoms with Gasteiger partial charge in [-0.1, -0.05) is 71.9 Å². The molecule has 0 nitrogen and oxygen atoms in total. The monoisotopic (exact) mass is 236 g/mol. The normalized spacial score (nSPS) is 15.9. The van der Waals surface area contributed by atoms with Crippen molar-refractivity contribution in [2.75, 3.05) is 0 Å². The molecule has 0 N–H and O–H groups in total. The quantitative estimate of drug-likeness (QED) is 0.632. The Morgan fingerprint density at radius 1 is 1.17 bits per heavy atom. The molecule has 1 atom stereocenters. The predicted octanol–water partition coefficient (Wildman–Crippen LogP) is 5.18. The number of hydrogen-bond acceptors (Lipinski definition) is 0. The minimum atomic E-state index is 0.455. The van der Waals surface area contributed by atoms with E-state index in [1.165, 1.54) is 16.7 Å². The summed E-state index contributed by atoms with van der Waals surface area (Å²) in [6.45, 7) is 6.19. The van der Waals surface area contributed by atoms with Crippen LogP contribution in [-0.4, -0.2) is 0 Å². The zero-order valence-electron chi connectivity index (χ0n) is 11.0. The fourth-order valence-corrected chi connectivity index (χ4v) is 2.35. The van der Waals surface area contributed by atoms with Gasteiger partial charge in [0.15, 0.2) is 0 Å². The van der Waals surface area contributed by atoms with Crippen LogP contribution in [0, 0.1) is 0 Å². The molecule has 0 heterocycles. The minimum Gasteiger partial charge on any atom is -0.100 e. The molecule has 2 rings (SSSR count). The summed E-state index contributed by atoms with van der Waals surface area (Å²) >= 11 is 0. The van der Waals surface area contributed by atoms with Gasteiger partial charge in [0.05, 0.1) is 0 Å². The smallest absolute Gasteiger partial charge is 0.00913 e. The van der Waals surface area contributed by atoms with Crippen molar-refractivity contribution in [1.82, 2.24) is 0 Å². The Labute approximate surface area is 110 Å². The fraction of sp³-hybridized carbons (Fsp3) is 0.222. The van der Waals surface area contributed by atoms with Gasteiger partial charge < -0.3 is 0 Å². The number of allylic oxidation sites excluding steroid dienone is 7. The van der Waals surface area contributed by atoms with Crippen molar-refractivity contribution in [3.8, 4) is 0 Å². The molecule has 0 aliphatic heterocycles. The topological polar surface area (TPSA) is 0 Å². The summed E-state index contributed by atoms with van der Waals surface area (Å²) in [4.78, 5) is 0. The first-order valence-electron chi connectivity index (χ1n) is 6.49. The van der Waals surface area contributed by atoms with E-state index in [2.05, 4.69) is 74.2 Å². The molecular formula is C18H20. The molecule has 0 amide bonds. The summed E-state index contributed by atoms with van der Waals surface area (Å²) in [5, 5.41) is 0. The molecule has 0 spiro atoms. The molecule has 1 aromatic rings. The molecule has 1 aromatic carbocycles. The highest BCUT2D eigenvalue weighted by Crippen LogP contribution is 2.33.